The summed E-state index contributed by atoms with van der Waals surface area (Å²) in [6, 6.07) is 8.14. The average molecular weight is 347 g/mol. The van der Waals surface area contributed by atoms with Crippen molar-refractivity contribution in [3.8, 4) is 0 Å². The van der Waals surface area contributed by atoms with Crippen molar-refractivity contribution < 1.29 is 14.7 Å². The van der Waals surface area contributed by atoms with Gasteiger partial charge in [-0.25, -0.2) is 0 Å². The number of rotatable bonds is 6. The highest BCUT2D eigenvalue weighted by Gasteiger charge is 2.27. The van der Waals surface area contributed by atoms with Crippen LogP contribution < -0.4 is 0 Å². The summed E-state index contributed by atoms with van der Waals surface area (Å²) >= 11 is 1.72. The summed E-state index contributed by atoms with van der Waals surface area (Å²) in [6.07, 6.45) is 4.16. The van der Waals surface area contributed by atoms with Crippen molar-refractivity contribution in [1.29, 1.82) is 0 Å². The van der Waals surface area contributed by atoms with Crippen molar-refractivity contribution in [2.45, 2.75) is 38.6 Å². The summed E-state index contributed by atoms with van der Waals surface area (Å²) in [7, 11) is 0. The van der Waals surface area contributed by atoms with Gasteiger partial charge in [0.05, 0.1) is 12.5 Å². The van der Waals surface area contributed by atoms with E-state index in [0.29, 0.717) is 24.6 Å². The number of carbonyl (C=O) groups is 2. The molecule has 1 aromatic rings. The Balaban J connectivity index is 1.92. The van der Waals surface area contributed by atoms with Crippen LogP contribution in [0, 0.1) is 0 Å². The Bertz CT molecular complexity index is 595. The third-order valence-corrected chi connectivity index (χ3v) is 5.26. The van der Waals surface area contributed by atoms with Gasteiger partial charge in [-0.3, -0.25) is 9.59 Å². The van der Waals surface area contributed by atoms with E-state index in [1.54, 1.807) is 16.7 Å². The van der Waals surface area contributed by atoms with Crippen LogP contribution in [0.1, 0.15) is 43.7 Å². The molecule has 1 unspecified atom stereocenters. The van der Waals surface area contributed by atoms with E-state index >= 15 is 0 Å². The maximum atomic E-state index is 12.4. The Hall–Kier alpha value is -1.75. The van der Waals surface area contributed by atoms with Gasteiger partial charge in [-0.2, -0.15) is 11.8 Å². The molecule has 0 radical (unpaired) electrons. The van der Waals surface area contributed by atoms with Gasteiger partial charge in [-0.1, -0.05) is 50.3 Å². The third-order valence-electron chi connectivity index (χ3n) is 4.16. The molecule has 0 saturated carbocycles. The smallest absolute Gasteiger partial charge is 0.305 e. The second-order valence-electron chi connectivity index (χ2n) is 6.34. The fourth-order valence-corrected chi connectivity index (χ4v) is 3.82. The van der Waals surface area contributed by atoms with E-state index in [4.69, 9.17) is 5.11 Å². The Morgan fingerprint density at radius 1 is 1.33 bits per heavy atom. The second kappa shape index (κ2) is 8.92. The zero-order valence-electron chi connectivity index (χ0n) is 14.3. The summed E-state index contributed by atoms with van der Waals surface area (Å²) in [4.78, 5) is 25.1. The van der Waals surface area contributed by atoms with Crippen molar-refractivity contribution in [1.82, 2.24) is 4.90 Å². The third kappa shape index (κ3) is 5.41. The lowest BCUT2D eigenvalue weighted by Crippen LogP contribution is -2.46. The molecule has 1 aliphatic rings. The SMILES string of the molecule is CC(C)c1ccc(/C=C/CC(=O)N2CCSCC2CC(=O)O)cc1. The molecule has 0 aliphatic carbocycles. The van der Waals surface area contributed by atoms with Crippen molar-refractivity contribution in [2.24, 2.45) is 0 Å². The molecule has 0 bridgehead atoms. The van der Waals surface area contributed by atoms with Gasteiger partial charge in [0.15, 0.2) is 0 Å². The normalized spacial score (nSPS) is 18.3. The monoisotopic (exact) mass is 347 g/mol. The molecule has 1 atom stereocenters. The predicted molar refractivity (Wildman–Crippen MR) is 99.3 cm³/mol. The second-order valence-corrected chi connectivity index (χ2v) is 7.49. The molecule has 1 aromatic carbocycles. The summed E-state index contributed by atoms with van der Waals surface area (Å²) in [6.45, 7) is 4.96. The van der Waals surface area contributed by atoms with Gasteiger partial charge in [0, 0.05) is 24.5 Å². The topological polar surface area (TPSA) is 57.6 Å². The van der Waals surface area contributed by atoms with E-state index < -0.39 is 5.97 Å². The van der Waals surface area contributed by atoms with Crippen LogP contribution in [0.4, 0.5) is 0 Å². The maximum Gasteiger partial charge on any atom is 0.305 e. The molecule has 0 spiro atoms. The molecule has 0 aromatic heterocycles. The Morgan fingerprint density at radius 3 is 2.67 bits per heavy atom. The van der Waals surface area contributed by atoms with E-state index in [1.807, 2.05) is 12.2 Å². The largest absolute Gasteiger partial charge is 0.481 e. The van der Waals surface area contributed by atoms with Gasteiger partial charge >= 0.3 is 5.97 Å². The average Bonchev–Trinajstić information content (AvgIpc) is 2.55. The number of hydrogen-bond acceptors (Lipinski definition) is 3. The predicted octanol–water partition coefficient (Wildman–Crippen LogP) is 3.63. The summed E-state index contributed by atoms with van der Waals surface area (Å²) in [5, 5.41) is 8.99. The van der Waals surface area contributed by atoms with Crippen molar-refractivity contribution in [3.05, 3.63) is 41.5 Å². The first-order chi connectivity index (χ1) is 11.5. The molecule has 5 heteroatoms. The first-order valence-corrected chi connectivity index (χ1v) is 9.48. The molecule has 130 valence electrons. The van der Waals surface area contributed by atoms with Crippen molar-refractivity contribution in [3.63, 3.8) is 0 Å². The highest BCUT2D eigenvalue weighted by molar-refractivity contribution is 7.99. The van der Waals surface area contributed by atoms with Gasteiger partial charge in [-0.15, -0.1) is 0 Å². The molecule has 1 heterocycles. The zero-order chi connectivity index (χ0) is 17.5. The molecule has 1 N–H and O–H groups in total. The van der Waals surface area contributed by atoms with Crippen LogP contribution in [-0.2, 0) is 9.59 Å². The van der Waals surface area contributed by atoms with Gasteiger partial charge in [0.2, 0.25) is 5.91 Å². The van der Waals surface area contributed by atoms with Gasteiger partial charge < -0.3 is 10.0 Å². The highest BCUT2D eigenvalue weighted by atomic mass is 32.2. The number of carboxylic acids is 1. The molecule has 2 rings (SSSR count). The minimum absolute atomic E-state index is 0.0107. The summed E-state index contributed by atoms with van der Waals surface area (Å²) in [5.74, 6) is 1.26. The number of carbonyl (C=O) groups excluding carboxylic acids is 1. The van der Waals surface area contributed by atoms with Gasteiger partial charge in [-0.05, 0) is 17.0 Å². The van der Waals surface area contributed by atoms with E-state index in [1.165, 1.54) is 5.56 Å². The first kappa shape index (κ1) is 18.6. The number of nitrogens with zero attached hydrogens (tertiary/aromatic N) is 1. The number of thioether (sulfide) groups is 1. The van der Waals surface area contributed by atoms with Crippen molar-refractivity contribution >= 4 is 29.7 Å². The molecular formula is C19H25NO3S. The van der Waals surface area contributed by atoms with E-state index in [0.717, 1.165) is 11.3 Å². The lowest BCUT2D eigenvalue weighted by atomic mass is 10.0. The Kier molecular flexibility index (Phi) is 6.91. The van der Waals surface area contributed by atoms with Crippen LogP contribution in [0.5, 0.6) is 0 Å². The Labute approximate surface area is 147 Å². The molecule has 1 aliphatic heterocycles. The fourth-order valence-electron chi connectivity index (χ4n) is 2.76. The van der Waals surface area contributed by atoms with Crippen LogP contribution in [0.2, 0.25) is 0 Å². The number of benzene rings is 1. The quantitative estimate of drug-likeness (QED) is 0.854. The van der Waals surface area contributed by atoms with Gasteiger partial charge in [0.25, 0.3) is 0 Å². The molecule has 1 fully saturated rings. The van der Waals surface area contributed by atoms with Crippen molar-refractivity contribution in [2.75, 3.05) is 18.1 Å². The minimum atomic E-state index is -0.846. The van der Waals surface area contributed by atoms with E-state index in [2.05, 4.69) is 38.1 Å². The van der Waals surface area contributed by atoms with Gasteiger partial charge in [0.1, 0.15) is 0 Å². The van der Waals surface area contributed by atoms with Crippen LogP contribution in [0.15, 0.2) is 30.3 Å². The molecule has 24 heavy (non-hydrogen) atoms. The summed E-state index contributed by atoms with van der Waals surface area (Å²) in [5.41, 5.74) is 2.37. The summed E-state index contributed by atoms with van der Waals surface area (Å²) < 4.78 is 0. The number of aliphatic carboxylic acids is 1. The maximum absolute atomic E-state index is 12.4. The first-order valence-electron chi connectivity index (χ1n) is 8.33. The fraction of sp³-hybridized carbons (Fsp3) is 0.474. The molecular weight excluding hydrogens is 322 g/mol. The number of hydrogen-bond donors (Lipinski definition) is 1. The number of carboxylic acid groups (broad SMARTS) is 1. The molecule has 1 saturated heterocycles. The molecule has 1 amide bonds. The van der Waals surface area contributed by atoms with Crippen LogP contribution in [-0.4, -0.2) is 46.0 Å². The van der Waals surface area contributed by atoms with Crippen LogP contribution in [0.25, 0.3) is 6.08 Å². The standard InChI is InChI=1S/C19H25NO3S/c1-14(2)16-8-6-15(7-9-16)4-3-5-18(21)20-10-11-24-13-17(20)12-19(22)23/h3-4,6-9,14,17H,5,10-13H2,1-2H3,(H,22,23)/b4-3+. The van der Waals surface area contributed by atoms with E-state index in [9.17, 15) is 9.59 Å². The number of amides is 1. The highest BCUT2D eigenvalue weighted by Crippen LogP contribution is 2.20. The lowest BCUT2D eigenvalue weighted by molar-refractivity contribution is -0.140. The van der Waals surface area contributed by atoms with Crippen LogP contribution >= 0.6 is 11.8 Å². The van der Waals surface area contributed by atoms with Crippen LogP contribution in [0.3, 0.4) is 0 Å². The zero-order valence-corrected chi connectivity index (χ0v) is 15.1. The Morgan fingerprint density at radius 2 is 2.04 bits per heavy atom. The molecule has 4 nitrogen and oxygen atoms in total. The minimum Gasteiger partial charge on any atom is -0.481 e. The van der Waals surface area contributed by atoms with E-state index in [-0.39, 0.29) is 18.4 Å². The lowest BCUT2D eigenvalue weighted by Gasteiger charge is -2.34.